The van der Waals surface area contributed by atoms with E-state index in [-0.39, 0.29) is 25.1 Å². The first-order valence-electron chi connectivity index (χ1n) is 39.0. The molecule has 0 aromatic rings. The van der Waals surface area contributed by atoms with Gasteiger partial charge in [-0.15, -0.1) is 0 Å². The van der Waals surface area contributed by atoms with Gasteiger partial charge in [-0.25, -0.2) is 4.57 Å². The van der Waals surface area contributed by atoms with Crippen LogP contribution in [0.15, 0.2) is 48.6 Å². The smallest absolute Gasteiger partial charge is 0.456 e. The van der Waals surface area contributed by atoms with Gasteiger partial charge in [-0.2, -0.15) is 0 Å². The molecule has 0 aromatic heterocycles. The summed E-state index contributed by atoms with van der Waals surface area (Å²) >= 11 is 0. The number of amides is 1. The van der Waals surface area contributed by atoms with Crippen molar-refractivity contribution in [3.8, 4) is 0 Å². The zero-order valence-corrected chi connectivity index (χ0v) is 61.1. The number of ether oxygens (including phenoxy) is 1. The highest BCUT2D eigenvalue weighted by molar-refractivity contribution is 7.47. The summed E-state index contributed by atoms with van der Waals surface area (Å²) in [7, 11) is 1.51. The Bertz CT molecular complexity index is 1660. The van der Waals surface area contributed by atoms with E-state index in [0.29, 0.717) is 23.9 Å². The zero-order chi connectivity index (χ0) is 64.9. The minimum atomic E-state index is -4.45. The van der Waals surface area contributed by atoms with Crippen molar-refractivity contribution in [1.29, 1.82) is 0 Å². The number of hydrogen-bond donors (Lipinski definition) is 2. The molecule has 3 unspecified atom stereocenters. The number of allylic oxidation sites excluding steroid dienone is 7. The summed E-state index contributed by atoms with van der Waals surface area (Å²) in [5.41, 5.74) is 0. The summed E-state index contributed by atoms with van der Waals surface area (Å²) < 4.78 is 30.9. The van der Waals surface area contributed by atoms with Gasteiger partial charge in [-0.1, -0.05) is 339 Å². The summed E-state index contributed by atoms with van der Waals surface area (Å²) in [6, 6.07) is -0.847. The van der Waals surface area contributed by atoms with Crippen LogP contribution in [-0.2, 0) is 27.9 Å². The summed E-state index contributed by atoms with van der Waals surface area (Å²) in [6.45, 7) is 7.04. The number of hydrogen-bond acceptors (Lipinski definition) is 6. The van der Waals surface area contributed by atoms with E-state index < -0.39 is 20.0 Å². The molecule has 0 rings (SSSR count). The fourth-order valence-electron chi connectivity index (χ4n) is 11.7. The number of nitrogens with one attached hydrogen (secondary N) is 1. The third-order valence-corrected chi connectivity index (χ3v) is 18.7. The minimum absolute atomic E-state index is 0.0425. The lowest BCUT2D eigenvalue weighted by Gasteiger charge is -2.27. The van der Waals surface area contributed by atoms with Crippen LogP contribution < -0.4 is 5.32 Å². The maximum absolute atomic E-state index is 13.6. The number of carbonyl (C=O) groups excluding carboxylic acids is 2. The van der Waals surface area contributed by atoms with Crippen LogP contribution in [0.2, 0.25) is 0 Å². The lowest BCUT2D eigenvalue weighted by molar-refractivity contribution is -0.870. The van der Waals surface area contributed by atoms with Gasteiger partial charge in [0.15, 0.2) is 0 Å². The summed E-state index contributed by atoms with van der Waals surface area (Å²) in [5, 5.41) is 3.08. The second kappa shape index (κ2) is 68.8. The molecule has 0 saturated heterocycles. The predicted molar refractivity (Wildman–Crippen MR) is 388 cm³/mol. The number of carbonyl (C=O) groups is 2. The van der Waals surface area contributed by atoms with Crippen LogP contribution in [0.4, 0.5) is 0 Å². The molecule has 2 N–H and O–H groups in total. The molecule has 0 saturated carbocycles. The number of likely N-dealkylation sites (N-methyl/N-ethyl adjacent to an activating group) is 1. The molecular formula is C79H152N2O7P+. The molecular weight excluding hydrogens is 1120 g/mol. The monoisotopic (exact) mass is 1270 g/mol. The SMILES string of the molecule is CCCCC/C=C\C/C=C\CCCCCCCCCCCCCCCCCC(=O)NC(COP(=O)(O)OCC[N+](C)(C)C)C(/C=C/CCCCCCCCCCC)OC(=O)CCCCCCCCCCCCCCCCCCC/C=C/CCCCCCCC. The van der Waals surface area contributed by atoms with Crippen LogP contribution in [0.25, 0.3) is 0 Å². The Morgan fingerprint density at radius 1 is 0.393 bits per heavy atom. The van der Waals surface area contributed by atoms with E-state index in [1.807, 2.05) is 33.3 Å². The maximum Gasteiger partial charge on any atom is 0.472 e. The van der Waals surface area contributed by atoms with Gasteiger partial charge in [0.1, 0.15) is 19.3 Å². The first-order valence-corrected chi connectivity index (χ1v) is 40.5. The topological polar surface area (TPSA) is 111 Å². The van der Waals surface area contributed by atoms with E-state index in [9.17, 15) is 19.0 Å². The van der Waals surface area contributed by atoms with Crippen molar-refractivity contribution in [2.45, 2.75) is 405 Å². The molecule has 3 atom stereocenters. The van der Waals surface area contributed by atoms with Gasteiger partial charge < -0.3 is 19.4 Å². The van der Waals surface area contributed by atoms with Crippen LogP contribution in [-0.4, -0.2) is 74.3 Å². The second-order valence-corrected chi connectivity index (χ2v) is 29.3. The van der Waals surface area contributed by atoms with Gasteiger partial charge >= 0.3 is 13.8 Å². The van der Waals surface area contributed by atoms with Crippen molar-refractivity contribution < 1.29 is 37.3 Å². The number of unbranched alkanes of at least 4 members (excludes halogenated alkanes) is 50. The van der Waals surface area contributed by atoms with E-state index >= 15 is 0 Å². The largest absolute Gasteiger partial charge is 0.472 e. The normalized spacial score (nSPS) is 13.7. The Hall–Kier alpha value is -2.03. The standard InChI is InChI=1S/C79H151N2O7P/c1-7-10-13-16-19-22-25-27-29-31-33-35-37-39-40-42-44-46-48-50-52-54-57-60-63-66-69-72-79(83)88-77(70-67-64-61-58-55-24-21-18-15-12-9-3)76(75-87-89(84,85)86-74-73-81(4,5)6)80-78(82)71-68-65-62-59-56-53-51-49-47-45-43-41-38-36-34-32-30-28-26-23-20-17-14-11-8-2/h20,23,27-30,67,70,76-77H,7-19,21-22,24-26,31-66,68-69,71-75H2,1-6H3,(H-,80,82,84,85)/p+1/b23-20-,29-27+,30-28-,70-67+. The fraction of sp³-hybridized carbons (Fsp3) is 0.873. The first kappa shape index (κ1) is 87.0. The Kier molecular flexibility index (Phi) is 67.2. The van der Waals surface area contributed by atoms with Crippen molar-refractivity contribution in [2.75, 3.05) is 40.9 Å². The number of phosphoric acid groups is 1. The number of rotatable bonds is 72. The number of quaternary nitrogens is 1. The fourth-order valence-corrected chi connectivity index (χ4v) is 12.5. The molecule has 10 heteroatoms. The van der Waals surface area contributed by atoms with E-state index in [0.717, 1.165) is 64.2 Å². The molecule has 0 aliphatic heterocycles. The average molecular weight is 1270 g/mol. The quantitative estimate of drug-likeness (QED) is 0.0205. The number of esters is 1. The highest BCUT2D eigenvalue weighted by Crippen LogP contribution is 2.43. The third kappa shape index (κ3) is 70.1. The van der Waals surface area contributed by atoms with E-state index in [1.54, 1.807) is 0 Å². The third-order valence-electron chi connectivity index (χ3n) is 17.7. The summed E-state index contributed by atoms with van der Waals surface area (Å²) in [6.07, 6.45) is 88.6. The highest BCUT2D eigenvalue weighted by Gasteiger charge is 2.30. The van der Waals surface area contributed by atoms with Crippen LogP contribution in [0.5, 0.6) is 0 Å². The Labute approximate surface area is 554 Å². The Morgan fingerprint density at radius 2 is 0.685 bits per heavy atom. The molecule has 0 heterocycles. The average Bonchev–Trinajstić information content (AvgIpc) is 3.62. The van der Waals surface area contributed by atoms with E-state index in [4.69, 9.17) is 13.8 Å². The number of nitrogens with zero attached hydrogens (tertiary/aromatic N) is 1. The summed E-state index contributed by atoms with van der Waals surface area (Å²) in [4.78, 5) is 38.0. The lowest BCUT2D eigenvalue weighted by atomic mass is 10.0. The van der Waals surface area contributed by atoms with Gasteiger partial charge in [-0.3, -0.25) is 18.6 Å². The molecule has 0 aliphatic rings. The van der Waals surface area contributed by atoms with Gasteiger partial charge in [-0.05, 0) is 89.5 Å². The summed E-state index contributed by atoms with van der Waals surface area (Å²) in [5.74, 6) is -0.485. The molecule has 0 radical (unpaired) electrons. The lowest BCUT2D eigenvalue weighted by Crippen LogP contribution is -2.47. The predicted octanol–water partition coefficient (Wildman–Crippen LogP) is 25.1. The van der Waals surface area contributed by atoms with Crippen molar-refractivity contribution in [3.63, 3.8) is 0 Å². The van der Waals surface area contributed by atoms with Gasteiger partial charge in [0, 0.05) is 12.8 Å². The minimum Gasteiger partial charge on any atom is -0.456 e. The molecule has 0 fully saturated rings. The Morgan fingerprint density at radius 3 is 1.04 bits per heavy atom. The van der Waals surface area contributed by atoms with Gasteiger partial charge in [0.05, 0.1) is 33.8 Å². The van der Waals surface area contributed by atoms with Gasteiger partial charge in [0.2, 0.25) is 5.91 Å². The van der Waals surface area contributed by atoms with Crippen molar-refractivity contribution in [2.24, 2.45) is 0 Å². The highest BCUT2D eigenvalue weighted by atomic mass is 31.2. The van der Waals surface area contributed by atoms with Crippen LogP contribution in [0.1, 0.15) is 393 Å². The van der Waals surface area contributed by atoms with E-state index in [1.165, 1.54) is 295 Å². The van der Waals surface area contributed by atoms with Crippen LogP contribution in [0.3, 0.4) is 0 Å². The maximum atomic E-state index is 13.6. The van der Waals surface area contributed by atoms with Crippen molar-refractivity contribution in [1.82, 2.24) is 5.32 Å². The van der Waals surface area contributed by atoms with Crippen LogP contribution in [0, 0.1) is 0 Å². The molecule has 1 amide bonds. The molecule has 9 nitrogen and oxygen atoms in total. The first-order chi connectivity index (χ1) is 43.4. The molecule has 524 valence electrons. The second-order valence-electron chi connectivity index (χ2n) is 27.9. The van der Waals surface area contributed by atoms with Crippen molar-refractivity contribution >= 4 is 19.7 Å². The van der Waals surface area contributed by atoms with Crippen molar-refractivity contribution in [3.05, 3.63) is 48.6 Å². The molecule has 89 heavy (non-hydrogen) atoms. The van der Waals surface area contributed by atoms with Gasteiger partial charge in [0.25, 0.3) is 0 Å². The molecule has 0 aliphatic carbocycles. The van der Waals surface area contributed by atoms with E-state index in [2.05, 4.69) is 62.5 Å². The number of phosphoric ester groups is 1. The molecule has 0 bridgehead atoms. The Balaban J connectivity index is 4.87. The molecule has 0 spiro atoms. The van der Waals surface area contributed by atoms with Crippen LogP contribution >= 0.6 is 7.82 Å². The molecule has 0 aromatic carbocycles. The zero-order valence-electron chi connectivity index (χ0n) is 60.2.